The molecule has 2 atom stereocenters. The topological polar surface area (TPSA) is 33.2 Å². The summed E-state index contributed by atoms with van der Waals surface area (Å²) in [7, 11) is 0. The zero-order valence-electron chi connectivity index (χ0n) is 9.51. The Morgan fingerprint density at radius 3 is 3.00 bits per heavy atom. The van der Waals surface area contributed by atoms with Crippen molar-refractivity contribution in [2.45, 2.75) is 31.4 Å². The minimum atomic E-state index is 0.206. The van der Waals surface area contributed by atoms with Gasteiger partial charge in [0, 0.05) is 41.8 Å². The number of hydrogen-bond acceptors (Lipinski definition) is 4. The van der Waals surface area contributed by atoms with Gasteiger partial charge < -0.3 is 4.90 Å². The average Bonchev–Trinajstić information content (AvgIpc) is 2.74. The fourth-order valence-electron chi connectivity index (χ4n) is 1.93. The quantitative estimate of drug-likeness (QED) is 0.840. The first kappa shape index (κ1) is 11.9. The minimum Gasteiger partial charge on any atom is -0.341 e. The van der Waals surface area contributed by atoms with Gasteiger partial charge >= 0.3 is 0 Å². The van der Waals surface area contributed by atoms with Gasteiger partial charge in [-0.1, -0.05) is 6.92 Å². The molecule has 2 heterocycles. The molecule has 1 saturated heterocycles. The second-order valence-corrected chi connectivity index (χ2v) is 6.00. The van der Waals surface area contributed by atoms with Crippen LogP contribution in [0.1, 0.15) is 30.0 Å². The van der Waals surface area contributed by atoms with Crippen LogP contribution < -0.4 is 0 Å². The zero-order valence-corrected chi connectivity index (χ0v) is 11.2. The fraction of sp³-hybridized carbons (Fsp3) is 0.636. The lowest BCUT2D eigenvalue weighted by Crippen LogP contribution is -2.29. The summed E-state index contributed by atoms with van der Waals surface area (Å²) < 4.78 is 0. The maximum absolute atomic E-state index is 11.6. The van der Waals surface area contributed by atoms with Crippen molar-refractivity contribution in [3.63, 3.8) is 0 Å². The van der Waals surface area contributed by atoms with Crippen LogP contribution in [0.4, 0.5) is 0 Å². The van der Waals surface area contributed by atoms with E-state index in [2.05, 4.69) is 29.9 Å². The van der Waals surface area contributed by atoms with Crippen molar-refractivity contribution in [1.29, 1.82) is 0 Å². The third-order valence-corrected chi connectivity index (χ3v) is 4.29. The first-order valence-corrected chi connectivity index (χ1v) is 6.83. The van der Waals surface area contributed by atoms with Gasteiger partial charge in [0.05, 0.1) is 5.01 Å². The van der Waals surface area contributed by atoms with E-state index < -0.39 is 0 Å². The predicted octanol–water partition coefficient (Wildman–Crippen LogP) is 2.09. The maximum atomic E-state index is 11.6. The Morgan fingerprint density at radius 2 is 2.50 bits per heavy atom. The molecule has 2 rings (SSSR count). The van der Waals surface area contributed by atoms with E-state index in [-0.39, 0.29) is 11.2 Å². The Morgan fingerprint density at radius 1 is 1.75 bits per heavy atom. The van der Waals surface area contributed by atoms with E-state index in [1.54, 1.807) is 11.3 Å². The Balaban J connectivity index is 1.97. The second-order valence-electron chi connectivity index (χ2n) is 4.38. The number of amides is 1. The highest BCUT2D eigenvalue weighted by Crippen LogP contribution is 2.24. The van der Waals surface area contributed by atoms with Crippen molar-refractivity contribution in [2.24, 2.45) is 0 Å². The molecule has 0 aromatic carbocycles. The van der Waals surface area contributed by atoms with Crippen molar-refractivity contribution in [3.8, 4) is 0 Å². The number of thiazole rings is 1. The summed E-state index contributed by atoms with van der Waals surface area (Å²) in [6.07, 6.45) is 0.576. The van der Waals surface area contributed by atoms with Gasteiger partial charge in [0.2, 0.25) is 5.91 Å². The van der Waals surface area contributed by atoms with Gasteiger partial charge in [-0.3, -0.25) is 4.79 Å². The van der Waals surface area contributed by atoms with Crippen molar-refractivity contribution in [1.82, 2.24) is 9.88 Å². The molecular formula is C11H16N2OS2. The van der Waals surface area contributed by atoms with Gasteiger partial charge in [0.1, 0.15) is 0 Å². The maximum Gasteiger partial charge on any atom is 0.223 e. The van der Waals surface area contributed by atoms with E-state index in [1.165, 1.54) is 0 Å². The molecule has 1 aliphatic heterocycles. The summed E-state index contributed by atoms with van der Waals surface area (Å²) in [5.74, 6) is 0.543. The van der Waals surface area contributed by atoms with E-state index in [0.29, 0.717) is 12.3 Å². The van der Waals surface area contributed by atoms with Gasteiger partial charge in [-0.15, -0.1) is 11.3 Å². The molecule has 5 heteroatoms. The van der Waals surface area contributed by atoms with E-state index in [0.717, 1.165) is 23.8 Å². The number of carbonyl (C=O) groups excluding carboxylic acids is 1. The highest BCUT2D eigenvalue weighted by Gasteiger charge is 2.28. The van der Waals surface area contributed by atoms with Crippen molar-refractivity contribution in [3.05, 3.63) is 16.1 Å². The average molecular weight is 256 g/mol. The first-order valence-electron chi connectivity index (χ1n) is 5.44. The van der Waals surface area contributed by atoms with Gasteiger partial charge in [-0.2, -0.15) is 12.6 Å². The highest BCUT2D eigenvalue weighted by molar-refractivity contribution is 7.81. The van der Waals surface area contributed by atoms with Crippen LogP contribution in [-0.4, -0.2) is 34.1 Å². The van der Waals surface area contributed by atoms with E-state index >= 15 is 0 Å². The lowest BCUT2D eigenvalue weighted by Gasteiger charge is -2.19. The molecule has 0 spiro atoms. The number of nitrogens with zero attached hydrogens (tertiary/aromatic N) is 2. The second kappa shape index (κ2) is 4.75. The summed E-state index contributed by atoms with van der Waals surface area (Å²) in [4.78, 5) is 18.0. The molecule has 1 aromatic rings. The van der Waals surface area contributed by atoms with Crippen molar-refractivity contribution >= 4 is 29.9 Å². The predicted molar refractivity (Wildman–Crippen MR) is 69.2 cm³/mol. The molecule has 1 aliphatic rings. The zero-order chi connectivity index (χ0) is 11.7. The summed E-state index contributed by atoms with van der Waals surface area (Å²) in [5.41, 5.74) is 1.06. The number of aryl methyl sites for hydroxylation is 1. The van der Waals surface area contributed by atoms with Crippen LogP contribution in [0.5, 0.6) is 0 Å². The fourth-order valence-corrected chi connectivity index (χ4v) is 3.14. The van der Waals surface area contributed by atoms with Crippen LogP contribution in [-0.2, 0) is 4.79 Å². The number of thiol groups is 1. The van der Waals surface area contributed by atoms with Crippen LogP contribution in [0.3, 0.4) is 0 Å². The highest BCUT2D eigenvalue weighted by atomic mass is 32.1. The largest absolute Gasteiger partial charge is 0.341 e. The summed E-state index contributed by atoms with van der Waals surface area (Å²) >= 11 is 6.02. The third kappa shape index (κ3) is 2.58. The molecular weight excluding hydrogens is 240 g/mol. The summed E-state index contributed by atoms with van der Waals surface area (Å²) in [6.45, 7) is 5.66. The van der Waals surface area contributed by atoms with Gasteiger partial charge in [-0.25, -0.2) is 4.98 Å². The van der Waals surface area contributed by atoms with E-state index in [1.807, 2.05) is 11.8 Å². The Kier molecular flexibility index (Phi) is 3.54. The molecule has 88 valence electrons. The van der Waals surface area contributed by atoms with E-state index in [9.17, 15) is 4.79 Å². The SMILES string of the molecule is Cc1csc(C(C)CN2CC(S)CC2=O)n1. The summed E-state index contributed by atoms with van der Waals surface area (Å²) in [5, 5.41) is 3.38. The number of rotatable bonds is 3. The summed E-state index contributed by atoms with van der Waals surface area (Å²) in [6, 6.07) is 0. The number of aromatic nitrogens is 1. The smallest absolute Gasteiger partial charge is 0.223 e. The van der Waals surface area contributed by atoms with Crippen molar-refractivity contribution < 1.29 is 4.79 Å². The van der Waals surface area contributed by atoms with Crippen LogP contribution >= 0.6 is 24.0 Å². The molecule has 0 N–H and O–H groups in total. The van der Waals surface area contributed by atoms with Gasteiger partial charge in [0.15, 0.2) is 0 Å². The molecule has 2 unspecified atom stereocenters. The molecule has 1 aromatic heterocycles. The molecule has 0 radical (unpaired) electrons. The Bertz CT molecular complexity index is 391. The normalized spacial score (nSPS) is 22.8. The monoisotopic (exact) mass is 256 g/mol. The van der Waals surface area contributed by atoms with Crippen LogP contribution in [0.2, 0.25) is 0 Å². The first-order chi connectivity index (χ1) is 7.56. The van der Waals surface area contributed by atoms with Crippen LogP contribution in [0.25, 0.3) is 0 Å². The van der Waals surface area contributed by atoms with E-state index in [4.69, 9.17) is 0 Å². The third-order valence-electron chi connectivity index (χ3n) is 2.75. The molecule has 16 heavy (non-hydrogen) atoms. The van der Waals surface area contributed by atoms with Gasteiger partial charge in [0.25, 0.3) is 0 Å². The molecule has 1 amide bonds. The Labute approximate surface area is 105 Å². The number of likely N-dealkylation sites (tertiary alicyclic amines) is 1. The van der Waals surface area contributed by atoms with Crippen LogP contribution in [0, 0.1) is 6.92 Å². The van der Waals surface area contributed by atoms with Crippen LogP contribution in [0.15, 0.2) is 5.38 Å². The molecule has 0 saturated carbocycles. The van der Waals surface area contributed by atoms with Gasteiger partial charge in [-0.05, 0) is 6.92 Å². The number of hydrogen-bond donors (Lipinski definition) is 1. The lowest BCUT2D eigenvalue weighted by atomic mass is 10.2. The number of carbonyl (C=O) groups is 1. The lowest BCUT2D eigenvalue weighted by molar-refractivity contribution is -0.127. The molecule has 1 fully saturated rings. The molecule has 3 nitrogen and oxygen atoms in total. The molecule has 0 bridgehead atoms. The minimum absolute atomic E-state index is 0.206. The molecule has 0 aliphatic carbocycles. The standard InChI is InChI=1S/C11H16N2OS2/c1-7(11-12-8(2)6-16-11)4-13-5-9(15)3-10(13)14/h6-7,9,15H,3-5H2,1-2H3. The van der Waals surface area contributed by atoms with Crippen molar-refractivity contribution in [2.75, 3.05) is 13.1 Å². The Hall–Kier alpha value is -0.550.